The average molecular weight is 405 g/mol. The Kier molecular flexibility index (Phi) is 6.53. The Labute approximate surface area is 171 Å². The maximum atomic E-state index is 12.4. The van der Waals surface area contributed by atoms with Crippen LogP contribution >= 0.6 is 0 Å². The van der Waals surface area contributed by atoms with E-state index in [1.54, 1.807) is 30.5 Å². The van der Waals surface area contributed by atoms with Crippen LogP contribution in [-0.4, -0.2) is 14.6 Å². The number of benzene rings is 1. The van der Waals surface area contributed by atoms with Crippen LogP contribution in [0.15, 0.2) is 34.3 Å². The van der Waals surface area contributed by atoms with Gasteiger partial charge in [-0.1, -0.05) is 51.3 Å². The van der Waals surface area contributed by atoms with Crippen LogP contribution in [0.5, 0.6) is 0 Å². The van der Waals surface area contributed by atoms with Gasteiger partial charge in [-0.05, 0) is 80.2 Å². The predicted molar refractivity (Wildman–Crippen MR) is 116 cm³/mol. The molecule has 156 valence electrons. The van der Waals surface area contributed by atoms with Gasteiger partial charge in [0, 0.05) is 6.21 Å². The van der Waals surface area contributed by atoms with Crippen molar-refractivity contribution in [2.24, 2.45) is 34.2 Å². The van der Waals surface area contributed by atoms with E-state index in [1.807, 2.05) is 6.92 Å². The molecule has 0 amide bonds. The normalized spacial score (nSPS) is 31.6. The van der Waals surface area contributed by atoms with Crippen LogP contribution in [-0.2, 0) is 10.0 Å². The lowest BCUT2D eigenvalue weighted by Crippen LogP contribution is -2.39. The quantitative estimate of drug-likeness (QED) is 0.480. The molecule has 2 aliphatic rings. The molecule has 5 heteroatoms. The van der Waals surface area contributed by atoms with Crippen molar-refractivity contribution in [3.05, 3.63) is 29.8 Å². The van der Waals surface area contributed by atoms with Gasteiger partial charge in [0.1, 0.15) is 0 Å². The third-order valence-corrected chi connectivity index (χ3v) is 8.92. The van der Waals surface area contributed by atoms with Crippen molar-refractivity contribution in [3.63, 3.8) is 0 Å². The van der Waals surface area contributed by atoms with E-state index in [-0.39, 0.29) is 4.90 Å². The fourth-order valence-electron chi connectivity index (χ4n) is 5.95. The van der Waals surface area contributed by atoms with Crippen LogP contribution in [0, 0.1) is 36.0 Å². The second kappa shape index (κ2) is 8.56. The predicted octanol–water partition coefficient (Wildman–Crippen LogP) is 5.53. The second-order valence-corrected chi connectivity index (χ2v) is 10.9. The summed E-state index contributed by atoms with van der Waals surface area (Å²) < 4.78 is 24.7. The summed E-state index contributed by atoms with van der Waals surface area (Å²) in [6.07, 6.45) is 10.5. The molecule has 4 nitrogen and oxygen atoms in total. The lowest BCUT2D eigenvalue weighted by molar-refractivity contribution is 0.0326. The lowest BCUT2D eigenvalue weighted by Gasteiger charge is -2.46. The molecule has 28 heavy (non-hydrogen) atoms. The monoisotopic (exact) mass is 404 g/mol. The lowest BCUT2D eigenvalue weighted by atomic mass is 9.59. The van der Waals surface area contributed by atoms with Gasteiger partial charge in [-0.15, -0.1) is 0 Å². The molecule has 5 atom stereocenters. The Morgan fingerprint density at radius 1 is 1.25 bits per heavy atom. The molecule has 3 rings (SSSR count). The molecule has 0 heterocycles. The van der Waals surface area contributed by atoms with Crippen LogP contribution in [0.4, 0.5) is 0 Å². The third kappa shape index (κ3) is 4.29. The van der Waals surface area contributed by atoms with Crippen LogP contribution in [0.3, 0.4) is 0 Å². The van der Waals surface area contributed by atoms with Gasteiger partial charge >= 0.3 is 0 Å². The van der Waals surface area contributed by atoms with Gasteiger partial charge in [-0.3, -0.25) is 0 Å². The molecule has 0 saturated heterocycles. The zero-order chi connectivity index (χ0) is 20.4. The highest BCUT2D eigenvalue weighted by Gasteiger charge is 2.51. The first kappa shape index (κ1) is 21.4. The van der Waals surface area contributed by atoms with Gasteiger partial charge in [0.25, 0.3) is 10.0 Å². The number of rotatable bonds is 7. The largest absolute Gasteiger partial charge is 0.276 e. The van der Waals surface area contributed by atoms with Gasteiger partial charge in [0.2, 0.25) is 0 Å². The maximum absolute atomic E-state index is 12.4. The third-order valence-electron chi connectivity index (χ3n) is 7.68. The molecule has 0 spiro atoms. The van der Waals surface area contributed by atoms with E-state index in [0.717, 1.165) is 29.7 Å². The molecule has 1 aromatic carbocycles. The summed E-state index contributed by atoms with van der Waals surface area (Å²) in [4.78, 5) is 2.64. The van der Waals surface area contributed by atoms with Gasteiger partial charge in [-0.25, -0.2) is 4.83 Å². The van der Waals surface area contributed by atoms with Crippen LogP contribution in [0.2, 0.25) is 0 Å². The second-order valence-electron chi connectivity index (χ2n) is 9.29. The molecule has 0 unspecified atom stereocenters. The van der Waals surface area contributed by atoms with Crippen molar-refractivity contribution in [2.45, 2.75) is 77.5 Å². The highest BCUT2D eigenvalue weighted by atomic mass is 32.2. The highest BCUT2D eigenvalue weighted by Crippen LogP contribution is 2.60. The van der Waals surface area contributed by atoms with E-state index < -0.39 is 10.0 Å². The first-order chi connectivity index (χ1) is 13.3. The summed E-state index contributed by atoms with van der Waals surface area (Å²) >= 11 is 0. The Morgan fingerprint density at radius 2 is 1.96 bits per heavy atom. The van der Waals surface area contributed by atoms with Crippen LogP contribution in [0.25, 0.3) is 0 Å². The summed E-state index contributed by atoms with van der Waals surface area (Å²) in [6.45, 7) is 9.19. The van der Waals surface area contributed by atoms with Gasteiger partial charge in [0.15, 0.2) is 0 Å². The number of aryl methyl sites for hydroxylation is 1. The number of fused-ring (bicyclic) bond motifs is 1. The molecule has 1 N–H and O–H groups in total. The molecule has 0 aromatic heterocycles. The van der Waals surface area contributed by atoms with Gasteiger partial charge < -0.3 is 0 Å². The minimum absolute atomic E-state index is 0.257. The van der Waals surface area contributed by atoms with E-state index >= 15 is 0 Å². The molecule has 1 aromatic rings. The number of nitrogens with one attached hydrogen (secondary N) is 1. The Hall–Kier alpha value is -1.36. The summed E-state index contributed by atoms with van der Waals surface area (Å²) in [7, 11) is -3.58. The average Bonchev–Trinajstić information content (AvgIpc) is 3.02. The van der Waals surface area contributed by atoms with E-state index in [2.05, 4.69) is 30.7 Å². The molecule has 2 aliphatic carbocycles. The molecular formula is C23H36N2O2S. The molecular weight excluding hydrogens is 368 g/mol. The van der Waals surface area contributed by atoms with Crippen molar-refractivity contribution >= 4 is 16.2 Å². The topological polar surface area (TPSA) is 58.5 Å². The Morgan fingerprint density at radius 3 is 2.64 bits per heavy atom. The van der Waals surface area contributed by atoms with E-state index in [1.165, 1.54) is 38.5 Å². The SMILES string of the molecule is CC[C@H](C)[C@H]1CC[C@H]2[C@H](C/C=N/NS(=O)(=O)c3ccc(C)cc3)CCC[C@]12C. The maximum Gasteiger partial charge on any atom is 0.276 e. The number of hydrazone groups is 1. The minimum atomic E-state index is -3.58. The first-order valence-electron chi connectivity index (χ1n) is 10.9. The summed E-state index contributed by atoms with van der Waals surface area (Å²) in [6, 6.07) is 6.84. The van der Waals surface area contributed by atoms with Gasteiger partial charge in [-0.2, -0.15) is 13.5 Å². The molecule has 0 bridgehead atoms. The van der Waals surface area contributed by atoms with Crippen LogP contribution < -0.4 is 4.83 Å². The first-order valence-corrected chi connectivity index (χ1v) is 12.4. The molecule has 0 aliphatic heterocycles. The Bertz CT molecular complexity index is 787. The van der Waals surface area contributed by atoms with Crippen molar-refractivity contribution in [1.29, 1.82) is 0 Å². The van der Waals surface area contributed by atoms with Crippen molar-refractivity contribution in [3.8, 4) is 0 Å². The van der Waals surface area contributed by atoms with Crippen LogP contribution in [0.1, 0.15) is 71.3 Å². The molecule has 0 radical (unpaired) electrons. The smallest absolute Gasteiger partial charge is 0.200 e. The van der Waals surface area contributed by atoms with Crippen molar-refractivity contribution in [2.75, 3.05) is 0 Å². The van der Waals surface area contributed by atoms with E-state index in [9.17, 15) is 8.42 Å². The summed E-state index contributed by atoms with van der Waals surface area (Å²) in [5, 5.41) is 4.08. The minimum Gasteiger partial charge on any atom is -0.200 e. The van der Waals surface area contributed by atoms with E-state index in [0.29, 0.717) is 11.3 Å². The summed E-state index contributed by atoms with van der Waals surface area (Å²) in [5.41, 5.74) is 1.49. The number of hydrogen-bond donors (Lipinski definition) is 1. The zero-order valence-electron chi connectivity index (χ0n) is 17.8. The van der Waals surface area contributed by atoms with Crippen molar-refractivity contribution in [1.82, 2.24) is 4.83 Å². The summed E-state index contributed by atoms with van der Waals surface area (Å²) in [5.74, 6) is 3.01. The van der Waals surface area contributed by atoms with Crippen molar-refractivity contribution < 1.29 is 8.42 Å². The van der Waals surface area contributed by atoms with E-state index in [4.69, 9.17) is 0 Å². The number of nitrogens with zero attached hydrogens (tertiary/aromatic N) is 1. The standard InChI is InChI=1S/C23H36N2O2S/c1-5-18(3)21-12-13-22-19(7-6-15-23(21,22)4)14-16-24-25-28(26,27)20-10-8-17(2)9-11-20/h8-11,16,18-19,21-22,25H,5-7,12-15H2,1-4H3/b24-16+/t18-,19-,21+,22-,23+/m0/s1. The Balaban J connectivity index is 1.61. The zero-order valence-corrected chi connectivity index (χ0v) is 18.6. The fourth-order valence-corrected chi connectivity index (χ4v) is 6.76. The fraction of sp³-hybridized carbons (Fsp3) is 0.696. The molecule has 2 saturated carbocycles. The number of sulfonamides is 1. The highest BCUT2D eigenvalue weighted by molar-refractivity contribution is 7.89. The molecule has 2 fully saturated rings. The number of hydrogen-bond acceptors (Lipinski definition) is 3. The van der Waals surface area contributed by atoms with Gasteiger partial charge in [0.05, 0.1) is 4.90 Å².